The van der Waals surface area contributed by atoms with Gasteiger partial charge in [-0.2, -0.15) is 0 Å². The molecule has 1 radical (unpaired) electrons. The van der Waals surface area contributed by atoms with Crippen LogP contribution in [0.2, 0.25) is 0 Å². The Labute approximate surface area is 154 Å². The zero-order valence-electron chi connectivity index (χ0n) is 7.34. The molecule has 0 fully saturated rings. The molecule has 0 spiro atoms. The molecular weight excluding hydrogens is 315 g/mol. The maximum atomic E-state index is 6.25. The normalized spacial score (nSPS) is 0.800. The summed E-state index contributed by atoms with van der Waals surface area (Å²) in [6.07, 6.45) is 0. The fourth-order valence-electron chi connectivity index (χ4n) is 0. The second kappa shape index (κ2) is 14600. The summed E-state index contributed by atoms with van der Waals surface area (Å²) in [6, 6.07) is 0. The van der Waals surface area contributed by atoms with Gasteiger partial charge in [0.25, 0.3) is 0 Å². The summed E-state index contributed by atoms with van der Waals surface area (Å²) in [4.78, 5) is 0. The third kappa shape index (κ3) is 12400. The van der Waals surface area contributed by atoms with Crippen LogP contribution in [0.5, 0.6) is 0 Å². The van der Waals surface area contributed by atoms with Crippen molar-refractivity contribution in [3.05, 3.63) is 39.4 Å². The molecule has 0 aliphatic rings. The fraction of sp³-hybridized carbons (Fsp3) is 0. The number of hydrogen-bond acceptors (Lipinski definition) is 6. The Morgan fingerprint density at radius 2 is 0.400 bits per heavy atom. The van der Waals surface area contributed by atoms with Gasteiger partial charge in [0.05, 0.1) is 0 Å². The summed E-state index contributed by atoms with van der Waals surface area (Å²) in [7, 11) is 0. The van der Waals surface area contributed by atoms with E-state index in [9.17, 15) is 0 Å². The molecule has 0 aliphatic carbocycles. The molecule has 0 aromatic heterocycles. The van der Waals surface area contributed by atoms with Gasteiger partial charge in [0.1, 0.15) is 0 Å². The van der Waals surface area contributed by atoms with E-state index < -0.39 is 0 Å². The van der Waals surface area contributed by atoms with Gasteiger partial charge in [-0.1, -0.05) is 0 Å². The van der Waals surface area contributed by atoms with E-state index in [4.69, 9.17) is 71.0 Å². The standard InChI is InChI=1S/6CN.Cu.Fe.K/c6*1-2;;;/q6*-1;2*+2;+1. The minimum absolute atomic E-state index is 0. The van der Waals surface area contributed by atoms with Crippen LogP contribution in [0.3, 0.4) is 0 Å². The second-order valence-electron chi connectivity index (χ2n) is 0. The van der Waals surface area contributed by atoms with E-state index in [0.29, 0.717) is 0 Å². The van der Waals surface area contributed by atoms with Crippen LogP contribution in [-0.2, 0) is 34.1 Å². The number of rotatable bonds is 0. The molecule has 15 heavy (non-hydrogen) atoms. The summed E-state index contributed by atoms with van der Waals surface area (Å²) in [5.41, 5.74) is 0. The Morgan fingerprint density at radius 1 is 0.400 bits per heavy atom. The largest absolute Gasteiger partial charge is 2.00 e. The van der Waals surface area contributed by atoms with Gasteiger partial charge in [0, 0.05) is 0 Å². The molecule has 0 rings (SSSR count). The van der Waals surface area contributed by atoms with Crippen molar-refractivity contribution in [2.45, 2.75) is 0 Å². The van der Waals surface area contributed by atoms with Crippen molar-refractivity contribution in [3.63, 3.8) is 0 Å². The third-order valence-corrected chi connectivity index (χ3v) is 0. The van der Waals surface area contributed by atoms with Crippen LogP contribution in [-0.4, -0.2) is 0 Å². The maximum absolute atomic E-state index is 6.25. The van der Waals surface area contributed by atoms with Crippen molar-refractivity contribution in [3.8, 4) is 0 Å². The third-order valence-electron chi connectivity index (χ3n) is 0. The molecule has 6 nitrogen and oxygen atoms in total. The SMILES string of the molecule is [C-]#N.[C-]#N.[C-]#N.[C-]#N.[C-]#N.[C-]#N.[Cu+2].[Fe+2].[K+]. The van der Waals surface area contributed by atoms with Gasteiger partial charge < -0.3 is 71.0 Å². The Balaban J connectivity index is -0.00000000396. The van der Waals surface area contributed by atoms with Crippen molar-refractivity contribution in [1.82, 2.24) is 0 Å². The molecular formula is C6CuFeKN6-. The van der Waals surface area contributed by atoms with Gasteiger partial charge >= 0.3 is 85.5 Å². The van der Waals surface area contributed by atoms with Crippen LogP contribution < -0.4 is 51.4 Å². The molecule has 0 saturated heterocycles. The van der Waals surface area contributed by atoms with Crippen molar-refractivity contribution in [1.29, 1.82) is 31.6 Å². The predicted octanol–water partition coefficient (Wildman–Crippen LogP) is -2.42. The Bertz CT molecular complexity index is 103. The Morgan fingerprint density at radius 3 is 0.400 bits per heavy atom. The zero-order chi connectivity index (χ0) is 12.0. The summed E-state index contributed by atoms with van der Waals surface area (Å²) in [5, 5.41) is 37.5. The van der Waals surface area contributed by atoms with Crippen LogP contribution in [0, 0.1) is 71.0 Å². The molecule has 0 saturated carbocycles. The molecule has 9 heteroatoms. The Hall–Kier alpha value is -0.385. The van der Waals surface area contributed by atoms with Gasteiger partial charge in [0.15, 0.2) is 0 Å². The summed E-state index contributed by atoms with van der Waals surface area (Å²) < 4.78 is 0. The summed E-state index contributed by atoms with van der Waals surface area (Å²) in [5.74, 6) is 0. The molecule has 0 heterocycles. The molecule has 0 amide bonds. The van der Waals surface area contributed by atoms with Crippen molar-refractivity contribution >= 4 is 0 Å². The van der Waals surface area contributed by atoms with Crippen LogP contribution in [0.1, 0.15) is 0 Å². The van der Waals surface area contributed by atoms with Crippen LogP contribution in [0.4, 0.5) is 0 Å². The van der Waals surface area contributed by atoms with E-state index in [2.05, 4.69) is 0 Å². The quantitative estimate of drug-likeness (QED) is 0.359. The molecule has 0 bridgehead atoms. The monoisotopic (exact) mass is 314 g/mol. The van der Waals surface area contributed by atoms with E-state index in [-0.39, 0.29) is 85.5 Å². The topological polar surface area (TPSA) is 143 Å². The van der Waals surface area contributed by atoms with E-state index in [1.807, 2.05) is 0 Å². The summed E-state index contributed by atoms with van der Waals surface area (Å²) in [6.45, 7) is 28.5. The molecule has 0 atom stereocenters. The first-order chi connectivity index (χ1) is 6.00. The zero-order valence-corrected chi connectivity index (χ0v) is 12.5. The number of nitrogens with zero attached hydrogens (tertiary/aromatic N) is 6. The minimum atomic E-state index is 0. The van der Waals surface area contributed by atoms with E-state index in [1.165, 1.54) is 0 Å². The maximum Gasteiger partial charge on any atom is 2.00 e. The first kappa shape index (κ1) is 85.9. The van der Waals surface area contributed by atoms with Gasteiger partial charge in [-0.15, -0.1) is 0 Å². The van der Waals surface area contributed by atoms with Gasteiger partial charge in [0.2, 0.25) is 0 Å². The van der Waals surface area contributed by atoms with Gasteiger partial charge in [-0.05, 0) is 0 Å². The van der Waals surface area contributed by atoms with E-state index >= 15 is 0 Å². The molecule has 0 N–H and O–H groups in total. The average molecular weight is 315 g/mol. The second-order valence-corrected chi connectivity index (χ2v) is 0. The predicted molar refractivity (Wildman–Crippen MR) is 29.8 cm³/mol. The minimum Gasteiger partial charge on any atom is -0.512 e. The van der Waals surface area contributed by atoms with Crippen molar-refractivity contribution in [2.75, 3.05) is 0 Å². The smallest absolute Gasteiger partial charge is 0.512 e. The van der Waals surface area contributed by atoms with Crippen LogP contribution >= 0.6 is 0 Å². The number of hydrogen-bond donors (Lipinski definition) is 0. The molecule has 0 aromatic carbocycles. The first-order valence-electron chi connectivity index (χ1n) is 1.34. The Kier molecular flexibility index (Phi) is 83900. The van der Waals surface area contributed by atoms with Crippen molar-refractivity contribution in [2.24, 2.45) is 0 Å². The van der Waals surface area contributed by atoms with Gasteiger partial charge in [-0.3, -0.25) is 0 Å². The van der Waals surface area contributed by atoms with Crippen LogP contribution in [0.25, 0.3) is 0 Å². The van der Waals surface area contributed by atoms with E-state index in [0.717, 1.165) is 0 Å². The van der Waals surface area contributed by atoms with E-state index in [1.54, 1.807) is 0 Å². The molecule has 0 aliphatic heterocycles. The first-order valence-corrected chi connectivity index (χ1v) is 1.34. The van der Waals surface area contributed by atoms with Gasteiger partial charge in [-0.25, -0.2) is 0 Å². The molecule has 0 unspecified atom stereocenters. The summed E-state index contributed by atoms with van der Waals surface area (Å²) >= 11 is 0. The molecule has 75 valence electrons. The van der Waals surface area contributed by atoms with Crippen molar-refractivity contribution < 1.29 is 85.5 Å². The van der Waals surface area contributed by atoms with Crippen LogP contribution in [0.15, 0.2) is 0 Å². The fourth-order valence-corrected chi connectivity index (χ4v) is 0. The molecule has 0 aromatic rings. The average Bonchev–Trinajstić information content (AvgIpc) is 2.33.